The summed E-state index contributed by atoms with van der Waals surface area (Å²) >= 11 is 3.40. The lowest BCUT2D eigenvalue weighted by molar-refractivity contribution is 0.403. The van der Waals surface area contributed by atoms with Gasteiger partial charge < -0.3 is 10.2 Å². The largest absolute Gasteiger partial charge is 0.358 e. The topological polar surface area (TPSA) is 28.2 Å². The highest BCUT2D eigenvalue weighted by molar-refractivity contribution is 9.10. The van der Waals surface area contributed by atoms with Crippen LogP contribution in [0.15, 0.2) is 22.8 Å². The second-order valence-electron chi connectivity index (χ2n) is 4.36. The molecule has 88 valence electrons. The Balaban J connectivity index is 1.91. The number of likely N-dealkylation sites (N-methyl/N-ethyl adjacent to an activating group) is 1. The van der Waals surface area contributed by atoms with E-state index in [1.807, 2.05) is 18.3 Å². The van der Waals surface area contributed by atoms with Gasteiger partial charge in [0.25, 0.3) is 0 Å². The number of piperidine rings is 1. The van der Waals surface area contributed by atoms with Crippen molar-refractivity contribution in [2.45, 2.75) is 25.3 Å². The van der Waals surface area contributed by atoms with E-state index in [0.717, 1.165) is 23.4 Å². The molecule has 1 N–H and O–H groups in total. The third-order valence-corrected chi connectivity index (χ3v) is 3.48. The van der Waals surface area contributed by atoms with Crippen molar-refractivity contribution in [1.82, 2.24) is 10.3 Å². The molecule has 4 heteroatoms. The van der Waals surface area contributed by atoms with E-state index in [-0.39, 0.29) is 0 Å². The van der Waals surface area contributed by atoms with Crippen molar-refractivity contribution in [3.63, 3.8) is 0 Å². The first-order chi connectivity index (χ1) is 7.75. The van der Waals surface area contributed by atoms with E-state index < -0.39 is 0 Å². The van der Waals surface area contributed by atoms with E-state index in [2.05, 4.69) is 38.2 Å². The standard InChI is InChI=1S/C12H18BrN3/c1-16(9-11-4-2-3-7-14-11)12-6-5-10(13)8-15-12/h5-6,8,11,14H,2-4,7,9H2,1H3/t11-/m0/s1. The molecule has 16 heavy (non-hydrogen) atoms. The molecule has 1 atom stereocenters. The first-order valence-corrected chi connectivity index (χ1v) is 6.61. The summed E-state index contributed by atoms with van der Waals surface area (Å²) in [6.07, 6.45) is 5.79. The van der Waals surface area contributed by atoms with Crippen LogP contribution in [0.2, 0.25) is 0 Å². The average molecular weight is 284 g/mol. The summed E-state index contributed by atoms with van der Waals surface area (Å²) in [5, 5.41) is 3.55. The molecule has 1 aliphatic heterocycles. The Kier molecular flexibility index (Phi) is 4.18. The fourth-order valence-corrected chi connectivity index (χ4v) is 2.33. The second kappa shape index (κ2) is 5.64. The van der Waals surface area contributed by atoms with E-state index in [1.165, 1.54) is 19.3 Å². The molecular formula is C12H18BrN3. The van der Waals surface area contributed by atoms with Crippen molar-refractivity contribution in [3.8, 4) is 0 Å². The monoisotopic (exact) mass is 283 g/mol. The highest BCUT2D eigenvalue weighted by Gasteiger charge is 2.15. The molecule has 1 aromatic heterocycles. The number of nitrogens with one attached hydrogen (secondary N) is 1. The maximum absolute atomic E-state index is 4.39. The minimum atomic E-state index is 0.615. The van der Waals surface area contributed by atoms with Gasteiger partial charge in [0.05, 0.1) is 0 Å². The van der Waals surface area contributed by atoms with Gasteiger partial charge in [0.15, 0.2) is 0 Å². The van der Waals surface area contributed by atoms with Gasteiger partial charge in [-0.05, 0) is 47.4 Å². The van der Waals surface area contributed by atoms with Gasteiger partial charge in [-0.15, -0.1) is 0 Å². The Labute approximate surface area is 105 Å². The Bertz CT molecular complexity index is 320. The molecule has 1 saturated heterocycles. The van der Waals surface area contributed by atoms with Gasteiger partial charge in [-0.2, -0.15) is 0 Å². The summed E-state index contributed by atoms with van der Waals surface area (Å²) in [7, 11) is 2.10. The number of pyridine rings is 1. The van der Waals surface area contributed by atoms with Crippen LogP contribution in [0.5, 0.6) is 0 Å². The molecular weight excluding hydrogens is 266 g/mol. The maximum atomic E-state index is 4.39. The molecule has 0 aliphatic carbocycles. The number of rotatable bonds is 3. The third kappa shape index (κ3) is 3.19. The fourth-order valence-electron chi connectivity index (χ4n) is 2.10. The minimum Gasteiger partial charge on any atom is -0.358 e. The van der Waals surface area contributed by atoms with Gasteiger partial charge in [-0.25, -0.2) is 4.98 Å². The zero-order valence-corrected chi connectivity index (χ0v) is 11.2. The van der Waals surface area contributed by atoms with Gasteiger partial charge in [-0.1, -0.05) is 6.42 Å². The summed E-state index contributed by atoms with van der Waals surface area (Å²) in [5.74, 6) is 1.04. The van der Waals surface area contributed by atoms with E-state index in [9.17, 15) is 0 Å². The van der Waals surface area contributed by atoms with Crippen molar-refractivity contribution in [2.24, 2.45) is 0 Å². The SMILES string of the molecule is CN(C[C@@H]1CCCCN1)c1ccc(Br)cn1. The third-order valence-electron chi connectivity index (χ3n) is 3.01. The maximum Gasteiger partial charge on any atom is 0.128 e. The van der Waals surface area contributed by atoms with Gasteiger partial charge in [0.2, 0.25) is 0 Å². The smallest absolute Gasteiger partial charge is 0.128 e. The summed E-state index contributed by atoms with van der Waals surface area (Å²) < 4.78 is 1.03. The number of hydrogen-bond donors (Lipinski definition) is 1. The molecule has 1 aliphatic rings. The van der Waals surface area contributed by atoms with Crippen molar-refractivity contribution in [3.05, 3.63) is 22.8 Å². The molecule has 0 radical (unpaired) electrons. The van der Waals surface area contributed by atoms with Crippen LogP contribution in [0.25, 0.3) is 0 Å². The van der Waals surface area contributed by atoms with Crippen molar-refractivity contribution < 1.29 is 0 Å². The molecule has 1 aromatic rings. The number of aromatic nitrogens is 1. The average Bonchev–Trinajstić information content (AvgIpc) is 2.31. The van der Waals surface area contributed by atoms with Crippen LogP contribution in [0.1, 0.15) is 19.3 Å². The molecule has 0 saturated carbocycles. The quantitative estimate of drug-likeness (QED) is 0.924. The van der Waals surface area contributed by atoms with Crippen LogP contribution < -0.4 is 10.2 Å². The van der Waals surface area contributed by atoms with Gasteiger partial charge >= 0.3 is 0 Å². The molecule has 0 unspecified atom stereocenters. The van der Waals surface area contributed by atoms with Crippen LogP contribution in [0.4, 0.5) is 5.82 Å². The van der Waals surface area contributed by atoms with Crippen molar-refractivity contribution in [2.75, 3.05) is 25.0 Å². The summed E-state index contributed by atoms with van der Waals surface area (Å²) in [5.41, 5.74) is 0. The highest BCUT2D eigenvalue weighted by Crippen LogP contribution is 2.15. The van der Waals surface area contributed by atoms with Crippen LogP contribution in [-0.4, -0.2) is 31.2 Å². The molecule has 0 aromatic carbocycles. The molecule has 0 bridgehead atoms. The number of hydrogen-bond acceptors (Lipinski definition) is 3. The van der Waals surface area contributed by atoms with Gasteiger partial charge in [0.1, 0.15) is 5.82 Å². The molecule has 2 heterocycles. The van der Waals surface area contributed by atoms with Crippen molar-refractivity contribution in [1.29, 1.82) is 0 Å². The van der Waals surface area contributed by atoms with Crippen LogP contribution in [0.3, 0.4) is 0 Å². The lowest BCUT2D eigenvalue weighted by Gasteiger charge is -2.28. The van der Waals surface area contributed by atoms with E-state index >= 15 is 0 Å². The molecule has 0 spiro atoms. The normalized spacial score (nSPS) is 20.8. The first kappa shape index (κ1) is 11.9. The van der Waals surface area contributed by atoms with Gasteiger partial charge in [-0.3, -0.25) is 0 Å². The minimum absolute atomic E-state index is 0.615. The summed E-state index contributed by atoms with van der Waals surface area (Å²) in [6.45, 7) is 2.20. The highest BCUT2D eigenvalue weighted by atomic mass is 79.9. The van der Waals surface area contributed by atoms with Crippen LogP contribution >= 0.6 is 15.9 Å². The zero-order valence-electron chi connectivity index (χ0n) is 9.62. The van der Waals surface area contributed by atoms with Crippen LogP contribution in [-0.2, 0) is 0 Å². The van der Waals surface area contributed by atoms with Crippen LogP contribution in [0, 0.1) is 0 Å². The molecule has 1 fully saturated rings. The second-order valence-corrected chi connectivity index (χ2v) is 5.28. The van der Waals surface area contributed by atoms with Gasteiger partial charge in [0, 0.05) is 30.3 Å². The summed E-state index contributed by atoms with van der Waals surface area (Å²) in [4.78, 5) is 6.61. The Morgan fingerprint density at radius 1 is 1.50 bits per heavy atom. The molecule has 2 rings (SSSR count). The predicted molar refractivity (Wildman–Crippen MR) is 70.8 cm³/mol. The number of nitrogens with zero attached hydrogens (tertiary/aromatic N) is 2. The van der Waals surface area contributed by atoms with Crippen molar-refractivity contribution >= 4 is 21.7 Å². The lowest BCUT2D eigenvalue weighted by atomic mass is 10.0. The first-order valence-electron chi connectivity index (χ1n) is 5.82. The number of anilines is 1. The Hall–Kier alpha value is -0.610. The lowest BCUT2D eigenvalue weighted by Crippen LogP contribution is -2.42. The predicted octanol–water partition coefficient (Wildman–Crippen LogP) is 2.42. The molecule has 3 nitrogen and oxygen atoms in total. The summed E-state index contributed by atoms with van der Waals surface area (Å²) in [6, 6.07) is 4.70. The molecule has 0 amide bonds. The Morgan fingerprint density at radius 2 is 2.38 bits per heavy atom. The zero-order chi connectivity index (χ0) is 11.4. The van der Waals surface area contributed by atoms with E-state index in [0.29, 0.717) is 6.04 Å². The van der Waals surface area contributed by atoms with E-state index in [1.54, 1.807) is 0 Å². The number of halogens is 1. The fraction of sp³-hybridized carbons (Fsp3) is 0.583. The Morgan fingerprint density at radius 3 is 3.00 bits per heavy atom. The van der Waals surface area contributed by atoms with E-state index in [4.69, 9.17) is 0 Å².